The Bertz CT molecular complexity index is 2800. The third-order valence-corrected chi connectivity index (χ3v) is 12.0. The second-order valence-electron chi connectivity index (χ2n) is 19.8. The van der Waals surface area contributed by atoms with Crippen molar-refractivity contribution < 1.29 is 28.5 Å². The number of hydrogen-bond donors (Lipinski definition) is 0. The van der Waals surface area contributed by atoms with Gasteiger partial charge in [0.05, 0.1) is 6.67 Å². The van der Waals surface area contributed by atoms with E-state index < -0.39 is 6.37 Å². The van der Waals surface area contributed by atoms with Gasteiger partial charge in [-0.1, -0.05) is 124 Å². The van der Waals surface area contributed by atoms with Gasteiger partial charge in [-0.05, 0) is 68.8 Å². The molecular weight excluding hydrogens is 904 g/mol. The summed E-state index contributed by atoms with van der Waals surface area (Å²) in [7, 11) is 0. The maximum atomic E-state index is 9.46. The molecule has 5 aromatic carbocycles. The van der Waals surface area contributed by atoms with Crippen LogP contribution in [-0.2, 0) is 43.7 Å². The van der Waals surface area contributed by atoms with Gasteiger partial charge in [0.15, 0.2) is 18.0 Å². The summed E-state index contributed by atoms with van der Waals surface area (Å²) in [5.41, 5.74) is 10.5. The summed E-state index contributed by atoms with van der Waals surface area (Å²) in [6.07, 6.45) is 0.350. The maximum absolute atomic E-state index is 9.46. The van der Waals surface area contributed by atoms with E-state index in [9.17, 15) is 2.74 Å². The van der Waals surface area contributed by atoms with E-state index in [0.29, 0.717) is 27.1 Å². The number of aromatic nitrogens is 2. The molecule has 2 atom stereocenters. The number of pyridine rings is 1. The number of hydrogen-bond acceptors (Lipinski definition) is 2. The first-order valence-corrected chi connectivity index (χ1v) is 20.7. The average Bonchev–Trinajstić information content (AvgIpc) is 3.78. The molecule has 59 heavy (non-hydrogen) atoms. The molecule has 0 saturated carbocycles. The van der Waals surface area contributed by atoms with Crippen LogP contribution >= 0.6 is 0 Å². The third kappa shape index (κ3) is 6.88. The number of nitrogens with zero attached hydrogens (tertiary/aromatic N) is 4. The van der Waals surface area contributed by atoms with Gasteiger partial charge >= 0.3 is 0 Å². The fourth-order valence-electron chi connectivity index (χ4n) is 8.91. The van der Waals surface area contributed by atoms with Gasteiger partial charge in [-0.2, -0.15) is 12.1 Å². The predicted octanol–water partition coefficient (Wildman–Crippen LogP) is 14.0. The molecule has 5 nitrogen and oxygen atoms in total. The fourth-order valence-corrected chi connectivity index (χ4v) is 8.91. The van der Waals surface area contributed by atoms with Crippen LogP contribution < -0.4 is 13.7 Å². The van der Waals surface area contributed by atoms with Crippen molar-refractivity contribution in [1.29, 1.82) is 0 Å². The first kappa shape index (κ1) is 38.6. The standard InChI is InChI=1S/C53H57N4O.Pt/c1-35(2)26-36-16-14-21-48-50(36)57(41-28-38(52(6,7)8)27-39(29-41)53(9,10)11)33-56(48,34-57)40-17-15-18-42(31-40)58-43-22-23-45-44-19-12-13-20-46(44)55(47(45)32-43)49-30-37(24-25-54-49)51(3,4)5;/h12-25,27-30,33,35H,26,34H2,1-11H3;/q-1;/t56-,57+;/m1./s1/i26D2;. The van der Waals surface area contributed by atoms with Crippen molar-refractivity contribution in [2.45, 2.75) is 98.8 Å². The smallest absolute Gasteiger partial charge is 0.184 e. The SMILES string of the molecule is [2H]C([2H])(c1cccc2c1[N@@+]1(c3cc(C(C)(C)C)cc(C(C)(C)C)c3)[CH-][N@+]2(c2[c-]c(Oc3[c-]c4c(cc3)c3ccccc3n4-c3cc(C(C)(C)C)ccn3)ccc2)C1)C(C)C.[Pt]. The molecule has 1 saturated heterocycles. The molecule has 0 unspecified atom stereocenters. The van der Waals surface area contributed by atoms with Crippen LogP contribution in [-0.4, -0.2) is 16.2 Å². The van der Waals surface area contributed by atoms with Gasteiger partial charge in [-0.15, -0.1) is 29.7 Å². The Morgan fingerprint density at radius 2 is 1.39 bits per heavy atom. The van der Waals surface area contributed by atoms with Gasteiger partial charge in [-0.25, -0.2) is 4.98 Å². The number of fused-ring (bicyclic) bond motifs is 3. The topological polar surface area (TPSA) is 27.1 Å². The molecule has 10 rings (SSSR count). The van der Waals surface area contributed by atoms with Crippen LogP contribution in [0.1, 0.15) is 101 Å². The first-order chi connectivity index (χ1) is 28.1. The van der Waals surface area contributed by atoms with E-state index in [2.05, 4.69) is 158 Å². The first-order valence-electron chi connectivity index (χ1n) is 21.7. The minimum absolute atomic E-state index is 0. The summed E-state index contributed by atoms with van der Waals surface area (Å²) in [5, 5.41) is 2.21. The molecule has 2 bridgehead atoms. The second kappa shape index (κ2) is 14.3. The van der Waals surface area contributed by atoms with Crippen molar-refractivity contribution in [2.24, 2.45) is 5.92 Å². The molecular formula is C53H57N4OPt-. The molecule has 7 aromatic rings. The van der Waals surface area contributed by atoms with Gasteiger partial charge in [0.1, 0.15) is 11.5 Å². The van der Waals surface area contributed by atoms with E-state index in [4.69, 9.17) is 9.72 Å². The largest absolute Gasteiger partial charge is 0.509 e. The molecule has 306 valence electrons. The van der Waals surface area contributed by atoms with Gasteiger partial charge in [0, 0.05) is 76.5 Å². The molecule has 0 radical (unpaired) electrons. The van der Waals surface area contributed by atoms with Crippen LogP contribution in [0.15, 0.2) is 109 Å². The van der Waals surface area contributed by atoms with Crippen LogP contribution in [0.2, 0.25) is 0 Å². The molecule has 3 aliphatic heterocycles. The summed E-state index contributed by atoms with van der Waals surface area (Å²) in [6.45, 7) is 27.3. The van der Waals surface area contributed by atoms with Crippen molar-refractivity contribution >= 4 is 44.6 Å². The molecule has 0 spiro atoms. The molecule has 0 amide bonds. The van der Waals surface area contributed by atoms with E-state index >= 15 is 0 Å². The van der Waals surface area contributed by atoms with Crippen LogP contribution in [0.5, 0.6) is 11.5 Å². The Morgan fingerprint density at radius 1 is 0.729 bits per heavy atom. The van der Waals surface area contributed by atoms with Crippen LogP contribution in [0.4, 0.5) is 22.7 Å². The van der Waals surface area contributed by atoms with Gasteiger partial charge < -0.3 is 13.8 Å². The number of para-hydroxylation sites is 2. The minimum Gasteiger partial charge on any atom is -0.509 e. The monoisotopic (exact) mass is 962 g/mol. The zero-order valence-electron chi connectivity index (χ0n) is 38.3. The molecule has 1 fully saturated rings. The Balaban J connectivity index is 0.00000514. The van der Waals surface area contributed by atoms with Crippen LogP contribution in [0.25, 0.3) is 27.6 Å². The third-order valence-electron chi connectivity index (χ3n) is 12.0. The van der Waals surface area contributed by atoms with Crippen molar-refractivity contribution in [3.8, 4) is 17.3 Å². The van der Waals surface area contributed by atoms with Gasteiger partial charge in [0.25, 0.3) is 0 Å². The second-order valence-corrected chi connectivity index (χ2v) is 19.8. The molecule has 0 N–H and O–H groups in total. The molecule has 6 heteroatoms. The summed E-state index contributed by atoms with van der Waals surface area (Å²) in [5.74, 6) is 1.81. The summed E-state index contributed by atoms with van der Waals surface area (Å²) in [6, 6.07) is 43.6. The van der Waals surface area contributed by atoms with E-state index in [1.54, 1.807) is 0 Å². The molecule has 2 aromatic heterocycles. The zero-order valence-corrected chi connectivity index (χ0v) is 38.5. The van der Waals surface area contributed by atoms with Crippen LogP contribution in [0, 0.1) is 24.7 Å². The van der Waals surface area contributed by atoms with E-state index in [0.717, 1.165) is 50.2 Å². The maximum Gasteiger partial charge on any atom is 0.184 e. The minimum atomic E-state index is -1.54. The van der Waals surface area contributed by atoms with Crippen LogP contribution in [0.3, 0.4) is 0 Å². The van der Waals surface area contributed by atoms with Crippen molar-refractivity contribution in [3.63, 3.8) is 0 Å². The Morgan fingerprint density at radius 3 is 2.07 bits per heavy atom. The summed E-state index contributed by atoms with van der Waals surface area (Å²) < 4.78 is 28.7. The predicted molar refractivity (Wildman–Crippen MR) is 242 cm³/mol. The Labute approximate surface area is 368 Å². The quantitative estimate of drug-likeness (QED) is 0.118. The van der Waals surface area contributed by atoms with Crippen molar-refractivity contribution in [2.75, 3.05) is 6.67 Å². The van der Waals surface area contributed by atoms with Gasteiger partial charge in [0.2, 0.25) is 0 Å². The average molecular weight is 963 g/mol. The molecule has 5 heterocycles. The van der Waals surface area contributed by atoms with E-state index in [-0.39, 0.29) is 43.2 Å². The summed E-state index contributed by atoms with van der Waals surface area (Å²) in [4.78, 5) is 4.85. The molecule has 0 aliphatic carbocycles. The number of ether oxygens (including phenoxy) is 1. The number of benzene rings is 5. The number of quaternary nitrogens is 2. The molecule has 3 aliphatic rings. The summed E-state index contributed by atoms with van der Waals surface area (Å²) >= 11 is 0. The normalized spacial score (nSPS) is 19.6. The Hall–Kier alpha value is -4.54. The zero-order chi connectivity index (χ0) is 42.8. The van der Waals surface area contributed by atoms with Gasteiger partial charge in [-0.3, -0.25) is 4.48 Å². The van der Waals surface area contributed by atoms with E-state index in [1.165, 1.54) is 22.4 Å². The van der Waals surface area contributed by atoms with E-state index in [1.807, 2.05) is 50.4 Å². The van der Waals surface area contributed by atoms with Crippen molar-refractivity contribution in [3.05, 3.63) is 150 Å². The fraction of sp³-hybridized carbons (Fsp3) is 0.321. The Kier molecular flexibility index (Phi) is 9.36. The van der Waals surface area contributed by atoms with Crippen molar-refractivity contribution in [1.82, 2.24) is 18.5 Å². The number of rotatable bonds is 7.